The third-order valence-corrected chi connectivity index (χ3v) is 3.45. The van der Waals surface area contributed by atoms with Crippen molar-refractivity contribution in [3.05, 3.63) is 48.3 Å². The largest absolute Gasteiger partial charge is 0.392 e. The number of rotatable bonds is 6. The molecule has 2 N–H and O–H groups in total. The molecule has 1 heterocycles. The number of aliphatic hydroxyl groups excluding tert-OH is 1. The van der Waals surface area contributed by atoms with Gasteiger partial charge >= 0.3 is 6.03 Å². The monoisotopic (exact) mass is 316 g/mol. The van der Waals surface area contributed by atoms with E-state index in [1.165, 1.54) is 0 Å². The molecule has 1 aromatic heterocycles. The van der Waals surface area contributed by atoms with Crippen molar-refractivity contribution < 1.29 is 9.90 Å². The van der Waals surface area contributed by atoms with Crippen LogP contribution in [-0.4, -0.2) is 44.5 Å². The van der Waals surface area contributed by atoms with Crippen LogP contribution >= 0.6 is 0 Å². The van der Waals surface area contributed by atoms with E-state index in [2.05, 4.69) is 10.4 Å². The smallest absolute Gasteiger partial charge is 0.317 e. The fraction of sp³-hybridized carbons (Fsp3) is 0.412. The zero-order valence-electron chi connectivity index (χ0n) is 13.8. The third kappa shape index (κ3) is 4.82. The molecule has 0 aliphatic heterocycles. The van der Waals surface area contributed by atoms with Gasteiger partial charge in [-0.25, -0.2) is 9.48 Å². The maximum atomic E-state index is 12.2. The van der Waals surface area contributed by atoms with Crippen molar-refractivity contribution in [2.24, 2.45) is 0 Å². The molecule has 6 nitrogen and oxygen atoms in total. The second-order valence-corrected chi connectivity index (χ2v) is 5.88. The lowest BCUT2D eigenvalue weighted by Gasteiger charge is -2.28. The molecule has 0 aliphatic rings. The predicted molar refractivity (Wildman–Crippen MR) is 89.3 cm³/mol. The minimum atomic E-state index is -0.552. The number of carbonyl (C=O) groups is 1. The Morgan fingerprint density at radius 2 is 2.00 bits per heavy atom. The van der Waals surface area contributed by atoms with Gasteiger partial charge in [-0.1, -0.05) is 18.2 Å². The van der Waals surface area contributed by atoms with Crippen molar-refractivity contribution in [1.29, 1.82) is 0 Å². The zero-order valence-corrected chi connectivity index (χ0v) is 13.8. The highest BCUT2D eigenvalue weighted by Gasteiger charge is 2.18. The van der Waals surface area contributed by atoms with Crippen LogP contribution in [0.2, 0.25) is 0 Å². The van der Waals surface area contributed by atoms with E-state index in [1.54, 1.807) is 22.7 Å². The summed E-state index contributed by atoms with van der Waals surface area (Å²) in [5.41, 5.74) is 1.89. The summed E-state index contributed by atoms with van der Waals surface area (Å²) in [6.07, 6.45) is 3.08. The molecule has 2 amide bonds. The number of hydrogen-bond donors (Lipinski definition) is 2. The normalized spacial score (nSPS) is 12.2. The molecule has 124 valence electrons. The molecule has 1 aromatic carbocycles. The van der Waals surface area contributed by atoms with Crippen molar-refractivity contribution in [2.75, 3.05) is 6.54 Å². The van der Waals surface area contributed by atoms with E-state index in [0.717, 1.165) is 11.3 Å². The lowest BCUT2D eigenvalue weighted by atomic mass is 10.3. The van der Waals surface area contributed by atoms with Gasteiger partial charge < -0.3 is 15.3 Å². The van der Waals surface area contributed by atoms with E-state index >= 15 is 0 Å². The van der Waals surface area contributed by atoms with Crippen molar-refractivity contribution >= 4 is 6.03 Å². The highest BCUT2D eigenvalue weighted by Crippen LogP contribution is 2.08. The molecular formula is C17H24N4O2. The second kappa shape index (κ2) is 7.78. The van der Waals surface area contributed by atoms with E-state index < -0.39 is 6.10 Å². The topological polar surface area (TPSA) is 70.4 Å². The number of aliphatic hydroxyl groups is 1. The van der Waals surface area contributed by atoms with Gasteiger partial charge in [-0.3, -0.25) is 0 Å². The van der Waals surface area contributed by atoms with Crippen LogP contribution in [0.3, 0.4) is 0 Å². The van der Waals surface area contributed by atoms with Crippen LogP contribution in [0.4, 0.5) is 4.79 Å². The Morgan fingerprint density at radius 3 is 2.61 bits per heavy atom. The maximum absolute atomic E-state index is 12.2. The minimum absolute atomic E-state index is 0.0247. The molecule has 2 rings (SSSR count). The van der Waals surface area contributed by atoms with Crippen LogP contribution in [0.5, 0.6) is 0 Å². The number of nitrogens with zero attached hydrogens (tertiary/aromatic N) is 3. The Hall–Kier alpha value is -2.34. The highest BCUT2D eigenvalue weighted by atomic mass is 16.3. The molecule has 0 saturated carbocycles. The second-order valence-electron chi connectivity index (χ2n) is 5.88. The summed E-state index contributed by atoms with van der Waals surface area (Å²) >= 11 is 0. The first kappa shape index (κ1) is 17.0. The van der Waals surface area contributed by atoms with Gasteiger partial charge in [0.25, 0.3) is 0 Å². The summed E-state index contributed by atoms with van der Waals surface area (Å²) in [6, 6.07) is 9.64. The van der Waals surface area contributed by atoms with Crippen LogP contribution in [0.15, 0.2) is 42.7 Å². The fourth-order valence-corrected chi connectivity index (χ4v) is 2.27. The van der Waals surface area contributed by atoms with Gasteiger partial charge in [-0.2, -0.15) is 5.10 Å². The molecule has 1 atom stereocenters. The quantitative estimate of drug-likeness (QED) is 0.858. The lowest BCUT2D eigenvalue weighted by molar-refractivity contribution is 0.119. The van der Waals surface area contributed by atoms with E-state index in [-0.39, 0.29) is 12.1 Å². The molecule has 0 fully saturated rings. The summed E-state index contributed by atoms with van der Waals surface area (Å²) < 4.78 is 1.78. The molecule has 0 radical (unpaired) electrons. The first-order chi connectivity index (χ1) is 11.0. The first-order valence-corrected chi connectivity index (χ1v) is 7.79. The molecule has 23 heavy (non-hydrogen) atoms. The van der Waals surface area contributed by atoms with E-state index in [1.807, 2.05) is 50.4 Å². The number of hydrogen-bond acceptors (Lipinski definition) is 3. The first-order valence-electron chi connectivity index (χ1n) is 7.79. The van der Waals surface area contributed by atoms with Gasteiger partial charge in [0.2, 0.25) is 0 Å². The SMILES string of the molecule is CC(O)CN(C(=O)NCc1cnn(-c2ccccc2)c1)C(C)C. The number of nitrogens with one attached hydrogen (secondary N) is 1. The average molecular weight is 316 g/mol. The standard InChI is InChI=1S/C17H24N4O2/c1-13(2)20(11-14(3)22)17(23)18-9-15-10-19-21(12-15)16-7-5-4-6-8-16/h4-8,10,12-14,22H,9,11H2,1-3H3,(H,18,23). The summed E-state index contributed by atoms with van der Waals surface area (Å²) in [6.45, 7) is 6.23. The van der Waals surface area contributed by atoms with Crippen molar-refractivity contribution in [3.63, 3.8) is 0 Å². The van der Waals surface area contributed by atoms with Crippen LogP contribution in [0, 0.1) is 0 Å². The Kier molecular flexibility index (Phi) is 5.76. The van der Waals surface area contributed by atoms with E-state index in [9.17, 15) is 9.90 Å². The van der Waals surface area contributed by atoms with Crippen LogP contribution in [-0.2, 0) is 6.54 Å². The molecule has 6 heteroatoms. The Balaban J connectivity index is 1.95. The van der Waals surface area contributed by atoms with Gasteiger partial charge in [-0.05, 0) is 32.9 Å². The molecule has 2 aromatic rings. The number of urea groups is 1. The van der Waals surface area contributed by atoms with Crippen LogP contribution in [0.25, 0.3) is 5.69 Å². The molecule has 0 aliphatic carbocycles. The summed E-state index contributed by atoms with van der Waals surface area (Å²) in [4.78, 5) is 13.9. The van der Waals surface area contributed by atoms with Crippen LogP contribution in [0.1, 0.15) is 26.3 Å². The van der Waals surface area contributed by atoms with Gasteiger partial charge in [0.15, 0.2) is 0 Å². The maximum Gasteiger partial charge on any atom is 0.317 e. The lowest BCUT2D eigenvalue weighted by Crippen LogP contribution is -2.46. The Morgan fingerprint density at radius 1 is 1.30 bits per heavy atom. The number of benzene rings is 1. The van der Waals surface area contributed by atoms with E-state index in [4.69, 9.17) is 0 Å². The van der Waals surface area contributed by atoms with Gasteiger partial charge in [0.05, 0.1) is 18.0 Å². The van der Waals surface area contributed by atoms with Gasteiger partial charge in [0.1, 0.15) is 0 Å². The summed E-state index contributed by atoms with van der Waals surface area (Å²) in [7, 11) is 0. The summed E-state index contributed by atoms with van der Waals surface area (Å²) in [5.74, 6) is 0. The highest BCUT2D eigenvalue weighted by molar-refractivity contribution is 5.74. The molecule has 0 spiro atoms. The number of aromatic nitrogens is 2. The van der Waals surface area contributed by atoms with Crippen molar-refractivity contribution in [3.8, 4) is 5.69 Å². The van der Waals surface area contributed by atoms with Gasteiger partial charge in [-0.15, -0.1) is 0 Å². The molecular weight excluding hydrogens is 292 g/mol. The zero-order chi connectivity index (χ0) is 16.8. The predicted octanol–water partition coefficient (Wildman–Crippen LogP) is 2.17. The van der Waals surface area contributed by atoms with Crippen molar-refractivity contribution in [1.82, 2.24) is 20.0 Å². The van der Waals surface area contributed by atoms with Gasteiger partial charge in [0, 0.05) is 30.9 Å². The average Bonchev–Trinajstić information content (AvgIpc) is 2.99. The fourth-order valence-electron chi connectivity index (χ4n) is 2.27. The number of carbonyl (C=O) groups excluding carboxylic acids is 1. The van der Waals surface area contributed by atoms with Crippen LogP contribution < -0.4 is 5.32 Å². The summed E-state index contributed by atoms with van der Waals surface area (Å²) in [5, 5.41) is 16.7. The molecule has 0 bridgehead atoms. The van der Waals surface area contributed by atoms with Crippen molar-refractivity contribution in [2.45, 2.75) is 39.5 Å². The number of para-hydroxylation sites is 1. The molecule has 1 unspecified atom stereocenters. The third-order valence-electron chi connectivity index (χ3n) is 3.45. The Labute approximate surface area is 136 Å². The number of amides is 2. The van der Waals surface area contributed by atoms with E-state index in [0.29, 0.717) is 13.1 Å². The minimum Gasteiger partial charge on any atom is -0.392 e. The Bertz CT molecular complexity index is 623. The molecule has 0 saturated heterocycles.